The molecule has 9 nitrogen and oxygen atoms in total. The molecule has 1 amide bonds. The summed E-state index contributed by atoms with van der Waals surface area (Å²) in [5.74, 6) is -0.600. The van der Waals surface area contributed by atoms with E-state index >= 15 is 0 Å². The smallest absolute Gasteiger partial charge is 0.387 e. The Kier molecular flexibility index (Phi) is 8.15. The van der Waals surface area contributed by atoms with E-state index in [0.717, 1.165) is 11.3 Å². The molecule has 204 valence electrons. The number of hydrogen-bond acceptors (Lipinski definition) is 8. The molecule has 1 aromatic carbocycles. The largest absolute Gasteiger partial charge is 0.484 e. The number of nitrogens with two attached hydrogens (primary N) is 1. The van der Waals surface area contributed by atoms with Gasteiger partial charge in [-0.05, 0) is 44.5 Å². The first-order chi connectivity index (χ1) is 18.5. The lowest BCUT2D eigenvalue weighted by Crippen LogP contribution is -2.42. The number of primary amides is 1. The van der Waals surface area contributed by atoms with E-state index in [-0.39, 0.29) is 23.0 Å². The van der Waals surface area contributed by atoms with Gasteiger partial charge in [-0.1, -0.05) is 12.1 Å². The molecule has 4 aromatic rings. The number of aromatic nitrogens is 2. The summed E-state index contributed by atoms with van der Waals surface area (Å²) in [5, 5.41) is 21.9. The predicted molar refractivity (Wildman–Crippen MR) is 142 cm³/mol. The van der Waals surface area contributed by atoms with Crippen molar-refractivity contribution in [1.29, 1.82) is 5.26 Å². The second kappa shape index (κ2) is 11.4. The van der Waals surface area contributed by atoms with Gasteiger partial charge in [-0.3, -0.25) is 9.20 Å². The molecule has 0 bridgehead atoms. The number of carbonyl (C=O) groups excluding carboxylic acids is 1. The van der Waals surface area contributed by atoms with E-state index in [9.17, 15) is 23.9 Å². The number of pyridine rings is 1. The van der Waals surface area contributed by atoms with Gasteiger partial charge in [0.15, 0.2) is 0 Å². The van der Waals surface area contributed by atoms with Crippen molar-refractivity contribution in [3.8, 4) is 28.1 Å². The quantitative estimate of drug-likeness (QED) is 0.245. The molecular formula is C27H27F2N5O4S. The molecule has 39 heavy (non-hydrogen) atoms. The van der Waals surface area contributed by atoms with Crippen molar-refractivity contribution < 1.29 is 28.2 Å². The molecule has 0 aliphatic rings. The third kappa shape index (κ3) is 6.34. The number of aliphatic hydroxyl groups is 1. The maximum Gasteiger partial charge on any atom is 0.387 e. The Morgan fingerprint density at radius 3 is 2.69 bits per heavy atom. The monoisotopic (exact) mass is 555 g/mol. The minimum atomic E-state index is -3.06. The number of ether oxygens (including phenoxy) is 2. The number of benzene rings is 1. The van der Waals surface area contributed by atoms with E-state index in [4.69, 9.17) is 15.2 Å². The van der Waals surface area contributed by atoms with E-state index in [1.165, 1.54) is 6.07 Å². The molecule has 0 fully saturated rings. The zero-order valence-electron chi connectivity index (χ0n) is 21.4. The fraction of sp³-hybridized carbons (Fsp3) is 0.296. The lowest BCUT2D eigenvalue weighted by atomic mass is 10.0. The molecule has 1 atom stereocenters. The lowest BCUT2D eigenvalue weighted by molar-refractivity contribution is -0.0513. The molecule has 0 unspecified atom stereocenters. The van der Waals surface area contributed by atoms with Gasteiger partial charge in [0.25, 0.3) is 5.91 Å². The van der Waals surface area contributed by atoms with Gasteiger partial charge >= 0.3 is 6.61 Å². The van der Waals surface area contributed by atoms with E-state index in [1.54, 1.807) is 54.0 Å². The Hall–Kier alpha value is -4.05. The summed E-state index contributed by atoms with van der Waals surface area (Å²) in [6.07, 6.45) is 2.46. The number of alkyl halides is 2. The molecule has 4 rings (SSSR count). The molecule has 12 heteroatoms. The van der Waals surface area contributed by atoms with Crippen LogP contribution in [-0.2, 0) is 6.54 Å². The minimum absolute atomic E-state index is 0.0690. The average Bonchev–Trinajstić information content (AvgIpc) is 3.51. The Labute approximate surface area is 227 Å². The molecule has 0 radical (unpaired) electrons. The van der Waals surface area contributed by atoms with Gasteiger partial charge in [0.2, 0.25) is 0 Å². The van der Waals surface area contributed by atoms with Crippen molar-refractivity contribution in [2.24, 2.45) is 5.73 Å². The molecule has 0 saturated carbocycles. The van der Waals surface area contributed by atoms with Crippen LogP contribution in [0, 0.1) is 11.3 Å². The highest BCUT2D eigenvalue weighted by atomic mass is 32.1. The van der Waals surface area contributed by atoms with Crippen molar-refractivity contribution in [3.05, 3.63) is 70.4 Å². The molecular weight excluding hydrogens is 528 g/mol. The lowest BCUT2D eigenvalue weighted by Gasteiger charge is -2.24. The van der Waals surface area contributed by atoms with E-state index in [0.29, 0.717) is 39.5 Å². The molecule has 3 aromatic heterocycles. The highest BCUT2D eigenvalue weighted by Gasteiger charge is 2.23. The first-order valence-electron chi connectivity index (χ1n) is 11.9. The number of nitriles is 1. The van der Waals surface area contributed by atoms with Gasteiger partial charge in [0.05, 0.1) is 28.9 Å². The van der Waals surface area contributed by atoms with Crippen LogP contribution in [0.5, 0.6) is 11.5 Å². The van der Waals surface area contributed by atoms with Gasteiger partial charge in [0, 0.05) is 29.9 Å². The number of amides is 1. The van der Waals surface area contributed by atoms with E-state index < -0.39 is 24.2 Å². The molecule has 0 aliphatic heterocycles. The second-order valence-electron chi connectivity index (χ2n) is 9.48. The topological polar surface area (TPSA) is 135 Å². The number of carbonyl (C=O) groups is 1. The summed E-state index contributed by atoms with van der Waals surface area (Å²) in [6.45, 7) is 2.43. The number of aliphatic hydroxyl groups excluding tert-OH is 1. The summed E-state index contributed by atoms with van der Waals surface area (Å²) < 4.78 is 39.1. The maximum atomic E-state index is 13.3. The zero-order valence-corrected chi connectivity index (χ0v) is 22.3. The normalized spacial score (nSPS) is 12.5. The fourth-order valence-corrected chi connectivity index (χ4v) is 4.81. The number of fused-ring (bicyclic) bond motifs is 1. The number of thiophene rings is 1. The van der Waals surface area contributed by atoms with E-state index in [1.807, 2.05) is 13.8 Å². The van der Waals surface area contributed by atoms with E-state index in [2.05, 4.69) is 16.4 Å². The number of hydrogen-bond donors (Lipinski definition) is 3. The number of nitrogens with zero attached hydrogens (tertiary/aromatic N) is 3. The van der Waals surface area contributed by atoms with Crippen molar-refractivity contribution >= 4 is 22.9 Å². The van der Waals surface area contributed by atoms with Gasteiger partial charge in [-0.2, -0.15) is 14.0 Å². The molecule has 0 aliphatic carbocycles. The van der Waals surface area contributed by atoms with Gasteiger partial charge in [-0.15, -0.1) is 11.3 Å². The third-order valence-electron chi connectivity index (χ3n) is 6.01. The Bertz CT molecular complexity index is 1540. The van der Waals surface area contributed by atoms with Gasteiger partial charge < -0.3 is 25.6 Å². The van der Waals surface area contributed by atoms with Crippen molar-refractivity contribution in [3.63, 3.8) is 0 Å². The van der Waals surface area contributed by atoms with Crippen LogP contribution in [0.3, 0.4) is 0 Å². The SMILES string of the molecule is C[C@@H](Oc1cc(-c2cnc3ccc(C#N)cn23)sc1C(N)=O)c1ccc(CNC(C)(C)CO)cc1OC(F)F. The highest BCUT2D eigenvalue weighted by Crippen LogP contribution is 2.39. The summed E-state index contributed by atoms with van der Waals surface area (Å²) in [6, 6.07) is 11.9. The van der Waals surface area contributed by atoms with Crippen LogP contribution in [0.25, 0.3) is 16.2 Å². The third-order valence-corrected chi connectivity index (χ3v) is 7.16. The molecule has 0 saturated heterocycles. The van der Waals surface area contributed by atoms with Crippen LogP contribution in [-0.4, -0.2) is 39.2 Å². The molecule has 3 heterocycles. The van der Waals surface area contributed by atoms with Gasteiger partial charge in [0.1, 0.15) is 34.2 Å². The van der Waals surface area contributed by atoms with Crippen molar-refractivity contribution in [2.45, 2.75) is 45.6 Å². The second-order valence-corrected chi connectivity index (χ2v) is 10.5. The molecule has 4 N–H and O–H groups in total. The Balaban J connectivity index is 1.65. The summed E-state index contributed by atoms with van der Waals surface area (Å²) in [5.41, 5.74) is 7.75. The predicted octanol–water partition coefficient (Wildman–Crippen LogP) is 4.64. The van der Waals surface area contributed by atoms with Crippen LogP contribution in [0.15, 0.2) is 48.8 Å². The average molecular weight is 556 g/mol. The van der Waals surface area contributed by atoms with Crippen LogP contribution in [0.1, 0.15) is 53.2 Å². The number of rotatable bonds is 11. The minimum Gasteiger partial charge on any atom is -0.484 e. The summed E-state index contributed by atoms with van der Waals surface area (Å²) in [4.78, 5) is 17.4. The molecule has 0 spiro atoms. The standard InChI is InChI=1S/C27H27F2N5O4S/c1-15(18-6-4-16(8-20(18)38-26(28)29)11-33-27(2,3)14-35)37-21-9-22(39-24(21)25(31)36)19-12-32-23-7-5-17(10-30)13-34(19)23/h4-9,12-13,15,26,33,35H,11,14H2,1-3H3,(H2,31,36)/t15-/m1/s1. The van der Waals surface area contributed by atoms with Crippen molar-refractivity contribution in [2.75, 3.05) is 6.61 Å². The Morgan fingerprint density at radius 1 is 1.26 bits per heavy atom. The zero-order chi connectivity index (χ0) is 28.3. The van der Waals surface area contributed by atoms with Crippen LogP contribution >= 0.6 is 11.3 Å². The first-order valence-corrected chi connectivity index (χ1v) is 12.7. The first kappa shape index (κ1) is 28.0. The number of imidazole rings is 1. The van der Waals surface area contributed by atoms with Crippen LogP contribution in [0.2, 0.25) is 0 Å². The highest BCUT2D eigenvalue weighted by molar-refractivity contribution is 7.17. The van der Waals surface area contributed by atoms with Crippen molar-refractivity contribution in [1.82, 2.24) is 14.7 Å². The summed E-state index contributed by atoms with van der Waals surface area (Å²) >= 11 is 1.10. The maximum absolute atomic E-state index is 13.3. The van der Waals surface area contributed by atoms with Crippen LogP contribution in [0.4, 0.5) is 8.78 Å². The number of nitrogens with one attached hydrogen (secondary N) is 1. The number of halogens is 2. The Morgan fingerprint density at radius 2 is 2.03 bits per heavy atom. The fourth-order valence-electron chi connectivity index (χ4n) is 3.86. The summed E-state index contributed by atoms with van der Waals surface area (Å²) in [7, 11) is 0. The van der Waals surface area contributed by atoms with Crippen LogP contribution < -0.4 is 20.5 Å². The van der Waals surface area contributed by atoms with Gasteiger partial charge in [-0.25, -0.2) is 4.98 Å².